The van der Waals surface area contributed by atoms with E-state index in [-0.39, 0.29) is 17.6 Å². The lowest BCUT2D eigenvalue weighted by atomic mass is 9.43. The molecule has 3 aliphatic carbocycles. The van der Waals surface area contributed by atoms with Gasteiger partial charge in [0.15, 0.2) is 0 Å². The summed E-state index contributed by atoms with van der Waals surface area (Å²) in [6.45, 7) is 14.5. The molecule has 11 atom stereocenters. The number of aliphatic hydroxyl groups is 3. The summed E-state index contributed by atoms with van der Waals surface area (Å²) in [7, 11) is 0. The molecule has 0 aliphatic heterocycles. The molecular weight excluding hydrogens is 396 g/mol. The largest absolute Gasteiger partial charge is 0.396 e. The summed E-state index contributed by atoms with van der Waals surface area (Å²) in [5.41, 5.74) is 0.583. The third-order valence-corrected chi connectivity index (χ3v) is 11.3. The van der Waals surface area contributed by atoms with Crippen molar-refractivity contribution in [1.82, 2.24) is 0 Å². The van der Waals surface area contributed by atoms with Crippen LogP contribution in [0.3, 0.4) is 0 Å². The Bertz CT molecular complexity index is 591. The number of rotatable bonds is 10. The molecule has 3 fully saturated rings. The summed E-state index contributed by atoms with van der Waals surface area (Å²) in [5, 5.41) is 30.9. The average Bonchev–Trinajstić information content (AvgIpc) is 3.11. The van der Waals surface area contributed by atoms with Crippen LogP contribution < -0.4 is 0 Å². The Labute approximate surface area is 198 Å². The van der Waals surface area contributed by atoms with Gasteiger partial charge in [-0.3, -0.25) is 0 Å². The van der Waals surface area contributed by atoms with Crippen molar-refractivity contribution < 1.29 is 15.3 Å². The van der Waals surface area contributed by atoms with Gasteiger partial charge in [-0.2, -0.15) is 0 Å². The van der Waals surface area contributed by atoms with Gasteiger partial charge >= 0.3 is 0 Å². The van der Waals surface area contributed by atoms with Crippen LogP contribution in [0.4, 0.5) is 0 Å². The highest BCUT2D eigenvalue weighted by atomic mass is 16.3. The minimum Gasteiger partial charge on any atom is -0.396 e. The van der Waals surface area contributed by atoms with Gasteiger partial charge < -0.3 is 15.3 Å². The maximum Gasteiger partial charge on any atom is 0.0604 e. The minimum atomic E-state index is -0.235. The van der Waals surface area contributed by atoms with Crippen LogP contribution in [-0.2, 0) is 0 Å². The standard InChI is InChI=1S/C29H54O3/c1-7-22-21(4)28(5,16-14-20(3)31)25-15-17-29(6)23(19(2)11-9-8-10-18-30)12-13-24(29)26(25)27(22)32/h19-27,30-32H,7-18H2,1-6H3/t19-,20+,21?,22-,23-,24?,25?,26?,27-,28+,29-/m1/s1. The van der Waals surface area contributed by atoms with Gasteiger partial charge in [-0.15, -0.1) is 0 Å². The molecule has 3 aliphatic rings. The summed E-state index contributed by atoms with van der Waals surface area (Å²) in [4.78, 5) is 0. The van der Waals surface area contributed by atoms with E-state index in [9.17, 15) is 10.2 Å². The monoisotopic (exact) mass is 450 g/mol. The van der Waals surface area contributed by atoms with Crippen LogP contribution in [0.5, 0.6) is 0 Å². The Morgan fingerprint density at radius 3 is 2.31 bits per heavy atom. The van der Waals surface area contributed by atoms with Crippen molar-refractivity contribution in [3.05, 3.63) is 0 Å². The molecule has 0 saturated heterocycles. The van der Waals surface area contributed by atoms with E-state index in [0.29, 0.717) is 41.6 Å². The lowest BCUT2D eigenvalue weighted by molar-refractivity contribution is -0.183. The Kier molecular flexibility index (Phi) is 8.81. The molecule has 3 heteroatoms. The lowest BCUT2D eigenvalue weighted by Crippen LogP contribution is -2.60. The third kappa shape index (κ3) is 4.69. The van der Waals surface area contributed by atoms with Gasteiger partial charge in [-0.25, -0.2) is 0 Å². The number of unbranched alkanes of at least 4 members (excludes halogenated alkanes) is 2. The molecule has 188 valence electrons. The molecule has 4 unspecified atom stereocenters. The molecule has 0 aromatic rings. The normalized spacial score (nSPS) is 45.8. The second-order valence-corrected chi connectivity index (χ2v) is 12.8. The fourth-order valence-electron chi connectivity index (χ4n) is 9.31. The molecule has 0 heterocycles. The van der Waals surface area contributed by atoms with Gasteiger partial charge in [0.1, 0.15) is 0 Å². The van der Waals surface area contributed by atoms with Gasteiger partial charge in [0, 0.05) is 6.61 Å². The lowest BCUT2D eigenvalue weighted by Gasteiger charge is -2.63. The molecule has 0 radical (unpaired) electrons. The van der Waals surface area contributed by atoms with Crippen molar-refractivity contribution in [2.24, 2.45) is 52.3 Å². The van der Waals surface area contributed by atoms with E-state index in [2.05, 4.69) is 34.6 Å². The summed E-state index contributed by atoms with van der Waals surface area (Å²) in [5.74, 6) is 4.07. The van der Waals surface area contributed by atoms with Crippen LogP contribution in [-0.4, -0.2) is 34.1 Å². The average molecular weight is 451 g/mol. The van der Waals surface area contributed by atoms with E-state index in [0.717, 1.165) is 43.9 Å². The molecule has 3 rings (SSSR count). The van der Waals surface area contributed by atoms with E-state index >= 15 is 0 Å². The Morgan fingerprint density at radius 2 is 1.69 bits per heavy atom. The summed E-state index contributed by atoms with van der Waals surface area (Å²) in [6, 6.07) is 0. The minimum absolute atomic E-state index is 0.164. The fraction of sp³-hybridized carbons (Fsp3) is 1.00. The smallest absolute Gasteiger partial charge is 0.0604 e. The molecule has 32 heavy (non-hydrogen) atoms. The van der Waals surface area contributed by atoms with Gasteiger partial charge in [0.2, 0.25) is 0 Å². The van der Waals surface area contributed by atoms with Gasteiger partial charge in [0.25, 0.3) is 0 Å². The van der Waals surface area contributed by atoms with Crippen molar-refractivity contribution >= 4 is 0 Å². The fourth-order valence-corrected chi connectivity index (χ4v) is 9.31. The Balaban J connectivity index is 1.83. The van der Waals surface area contributed by atoms with Crippen LogP contribution >= 0.6 is 0 Å². The number of fused-ring (bicyclic) bond motifs is 3. The van der Waals surface area contributed by atoms with Crippen LogP contribution in [0.1, 0.15) is 112 Å². The molecule has 3 saturated carbocycles. The molecule has 3 nitrogen and oxygen atoms in total. The van der Waals surface area contributed by atoms with E-state index in [1.54, 1.807) is 0 Å². The van der Waals surface area contributed by atoms with Crippen molar-refractivity contribution in [2.75, 3.05) is 6.61 Å². The van der Waals surface area contributed by atoms with Crippen LogP contribution in [0, 0.1) is 52.3 Å². The predicted molar refractivity (Wildman–Crippen MR) is 133 cm³/mol. The highest BCUT2D eigenvalue weighted by Gasteiger charge is 2.63. The zero-order chi connectivity index (χ0) is 23.7. The highest BCUT2D eigenvalue weighted by molar-refractivity contribution is 5.12. The first-order chi connectivity index (χ1) is 15.1. The zero-order valence-corrected chi connectivity index (χ0v) is 22.0. The molecule has 0 amide bonds. The van der Waals surface area contributed by atoms with Crippen molar-refractivity contribution in [1.29, 1.82) is 0 Å². The van der Waals surface area contributed by atoms with E-state index in [4.69, 9.17) is 5.11 Å². The number of hydrogen-bond donors (Lipinski definition) is 3. The highest BCUT2D eigenvalue weighted by Crippen LogP contribution is 2.68. The first kappa shape index (κ1) is 26.5. The number of hydrogen-bond acceptors (Lipinski definition) is 3. The second kappa shape index (κ2) is 10.6. The maximum atomic E-state index is 11.8. The first-order valence-corrected chi connectivity index (χ1v) is 14.1. The second-order valence-electron chi connectivity index (χ2n) is 12.8. The van der Waals surface area contributed by atoms with E-state index in [1.807, 2.05) is 6.92 Å². The topological polar surface area (TPSA) is 60.7 Å². The zero-order valence-electron chi connectivity index (χ0n) is 22.0. The van der Waals surface area contributed by atoms with Crippen LogP contribution in [0.25, 0.3) is 0 Å². The summed E-state index contributed by atoms with van der Waals surface area (Å²) >= 11 is 0. The van der Waals surface area contributed by atoms with Gasteiger partial charge in [-0.1, -0.05) is 60.3 Å². The Hall–Kier alpha value is -0.120. The summed E-state index contributed by atoms with van der Waals surface area (Å²) in [6.07, 6.45) is 12.4. The van der Waals surface area contributed by atoms with E-state index in [1.165, 1.54) is 38.5 Å². The quantitative estimate of drug-likeness (QED) is 0.336. The predicted octanol–water partition coefficient (Wildman–Crippen LogP) is 6.44. The molecule has 0 spiro atoms. The molecule has 0 bridgehead atoms. The van der Waals surface area contributed by atoms with Gasteiger partial charge in [-0.05, 0) is 104 Å². The molecule has 0 aromatic carbocycles. The van der Waals surface area contributed by atoms with Crippen LogP contribution in [0.2, 0.25) is 0 Å². The van der Waals surface area contributed by atoms with Crippen LogP contribution in [0.15, 0.2) is 0 Å². The number of aliphatic hydroxyl groups excluding tert-OH is 3. The van der Waals surface area contributed by atoms with Crippen molar-refractivity contribution in [3.8, 4) is 0 Å². The Morgan fingerprint density at radius 1 is 0.969 bits per heavy atom. The van der Waals surface area contributed by atoms with Crippen molar-refractivity contribution in [3.63, 3.8) is 0 Å². The molecule has 0 aromatic heterocycles. The maximum absolute atomic E-state index is 11.8. The summed E-state index contributed by atoms with van der Waals surface area (Å²) < 4.78 is 0. The SMILES string of the molecule is CC[C@@H]1C(C)[C@](C)(CC[C@H](C)O)C2CC[C@@]3(C)C(CC[C@@H]3[C@H](C)CCCCCO)C2[C@@H]1O. The molecule has 3 N–H and O–H groups in total. The van der Waals surface area contributed by atoms with E-state index < -0.39 is 0 Å². The molecular formula is C29H54O3. The third-order valence-electron chi connectivity index (χ3n) is 11.3. The first-order valence-electron chi connectivity index (χ1n) is 14.1. The van der Waals surface area contributed by atoms with Gasteiger partial charge in [0.05, 0.1) is 12.2 Å². The van der Waals surface area contributed by atoms with Crippen molar-refractivity contribution in [2.45, 2.75) is 124 Å².